The average molecular weight is 440 g/mol. The zero-order valence-corrected chi connectivity index (χ0v) is 18.1. The van der Waals surface area contributed by atoms with Gasteiger partial charge in [-0.05, 0) is 80.1 Å². The molecule has 4 aliphatic rings. The van der Waals surface area contributed by atoms with E-state index in [1.54, 1.807) is 24.3 Å². The second-order valence-electron chi connectivity index (χ2n) is 9.25. The number of methoxy groups -OCH3 is 1. The first-order valence-electron chi connectivity index (χ1n) is 11.0. The standard InChI is InChI=1S/C24H28N2O6/c1-31-22(29)19-5-2-15(3-6-19)4-7-21(28)32-14-20(27)25-23(30)26-24-11-16-8-17(12-24)10-18(9-16)13-24/h2-7,16-18H,8-14H2,1H3,(H2,25,26,27,30)/b7-4+. The van der Waals surface area contributed by atoms with Gasteiger partial charge < -0.3 is 14.8 Å². The third-order valence-corrected chi connectivity index (χ3v) is 6.76. The van der Waals surface area contributed by atoms with Crippen LogP contribution in [0.2, 0.25) is 0 Å². The quantitative estimate of drug-likeness (QED) is 0.520. The highest BCUT2D eigenvalue weighted by atomic mass is 16.5. The maximum atomic E-state index is 12.4. The van der Waals surface area contributed by atoms with Crippen molar-refractivity contribution in [1.29, 1.82) is 0 Å². The monoisotopic (exact) mass is 440 g/mol. The predicted molar refractivity (Wildman–Crippen MR) is 115 cm³/mol. The lowest BCUT2D eigenvalue weighted by Crippen LogP contribution is -2.62. The van der Waals surface area contributed by atoms with Gasteiger partial charge in [0, 0.05) is 11.6 Å². The van der Waals surface area contributed by atoms with E-state index in [1.165, 1.54) is 38.5 Å². The Morgan fingerprint density at radius 3 is 2.16 bits per heavy atom. The van der Waals surface area contributed by atoms with Crippen LogP contribution in [-0.4, -0.2) is 43.1 Å². The lowest BCUT2D eigenvalue weighted by atomic mass is 9.53. The number of urea groups is 1. The van der Waals surface area contributed by atoms with E-state index >= 15 is 0 Å². The summed E-state index contributed by atoms with van der Waals surface area (Å²) in [6.07, 6.45) is 9.43. The molecule has 8 heteroatoms. The maximum absolute atomic E-state index is 12.4. The number of hydrogen-bond donors (Lipinski definition) is 2. The second-order valence-corrected chi connectivity index (χ2v) is 9.25. The molecule has 4 saturated carbocycles. The molecule has 0 aliphatic heterocycles. The van der Waals surface area contributed by atoms with Crippen LogP contribution in [0.4, 0.5) is 4.79 Å². The van der Waals surface area contributed by atoms with Gasteiger partial charge in [-0.2, -0.15) is 0 Å². The Morgan fingerprint density at radius 1 is 1.00 bits per heavy atom. The molecule has 32 heavy (non-hydrogen) atoms. The van der Waals surface area contributed by atoms with Crippen LogP contribution in [0, 0.1) is 17.8 Å². The Hall–Kier alpha value is -3.16. The molecule has 4 aliphatic carbocycles. The topological polar surface area (TPSA) is 111 Å². The van der Waals surface area contributed by atoms with Crippen LogP contribution in [0.1, 0.15) is 54.4 Å². The molecule has 0 atom stereocenters. The number of imide groups is 1. The van der Waals surface area contributed by atoms with Gasteiger partial charge in [-0.3, -0.25) is 10.1 Å². The van der Waals surface area contributed by atoms with Crippen molar-refractivity contribution >= 4 is 30.0 Å². The minimum Gasteiger partial charge on any atom is -0.465 e. The van der Waals surface area contributed by atoms with Crippen molar-refractivity contribution in [2.45, 2.75) is 44.1 Å². The number of amides is 3. The molecule has 4 bridgehead atoms. The summed E-state index contributed by atoms with van der Waals surface area (Å²) in [4.78, 5) is 47.7. The molecule has 2 N–H and O–H groups in total. The van der Waals surface area contributed by atoms with Gasteiger partial charge in [0.2, 0.25) is 0 Å². The summed E-state index contributed by atoms with van der Waals surface area (Å²) in [6.45, 7) is -0.543. The Bertz CT molecular complexity index is 901. The summed E-state index contributed by atoms with van der Waals surface area (Å²) in [5.41, 5.74) is 0.881. The van der Waals surface area contributed by atoms with Gasteiger partial charge in [0.1, 0.15) is 0 Å². The van der Waals surface area contributed by atoms with Gasteiger partial charge in [0.25, 0.3) is 5.91 Å². The summed E-state index contributed by atoms with van der Waals surface area (Å²) in [5, 5.41) is 5.32. The zero-order chi connectivity index (χ0) is 22.7. The van der Waals surface area contributed by atoms with Crippen LogP contribution in [0.3, 0.4) is 0 Å². The summed E-state index contributed by atoms with van der Waals surface area (Å²) in [7, 11) is 1.30. The minimum atomic E-state index is -0.710. The van der Waals surface area contributed by atoms with Crippen LogP contribution < -0.4 is 10.6 Å². The van der Waals surface area contributed by atoms with Crippen LogP contribution in [0.25, 0.3) is 6.08 Å². The number of hydrogen-bond acceptors (Lipinski definition) is 6. The number of esters is 2. The second kappa shape index (κ2) is 9.14. The molecule has 1 aromatic rings. The summed E-state index contributed by atoms with van der Waals surface area (Å²) < 4.78 is 9.53. The van der Waals surface area contributed by atoms with Gasteiger partial charge >= 0.3 is 18.0 Å². The number of rotatable bonds is 6. The largest absolute Gasteiger partial charge is 0.465 e. The van der Waals surface area contributed by atoms with Crippen molar-refractivity contribution in [2.75, 3.05) is 13.7 Å². The molecular formula is C24H28N2O6. The van der Waals surface area contributed by atoms with Crippen LogP contribution in [0.5, 0.6) is 0 Å². The molecule has 1 aromatic carbocycles. The van der Waals surface area contributed by atoms with E-state index in [4.69, 9.17) is 4.74 Å². The Labute approximate surface area is 186 Å². The number of carbonyl (C=O) groups is 4. The lowest BCUT2D eigenvalue weighted by molar-refractivity contribution is -0.143. The number of nitrogens with one attached hydrogen (secondary N) is 2. The van der Waals surface area contributed by atoms with E-state index in [-0.39, 0.29) is 5.54 Å². The van der Waals surface area contributed by atoms with Crippen molar-refractivity contribution < 1.29 is 28.7 Å². The van der Waals surface area contributed by atoms with Crippen LogP contribution >= 0.6 is 0 Å². The Kier molecular flexibility index (Phi) is 6.30. The molecule has 0 radical (unpaired) electrons. The predicted octanol–water partition coefficient (Wildman–Crippen LogP) is 2.82. The van der Waals surface area contributed by atoms with Crippen molar-refractivity contribution in [3.8, 4) is 0 Å². The van der Waals surface area contributed by atoms with E-state index in [0.29, 0.717) is 28.9 Å². The van der Waals surface area contributed by atoms with Crippen molar-refractivity contribution in [1.82, 2.24) is 10.6 Å². The number of carbonyl (C=O) groups excluding carboxylic acids is 4. The average Bonchev–Trinajstić information content (AvgIpc) is 2.74. The fourth-order valence-electron chi connectivity index (χ4n) is 5.90. The first kappa shape index (κ1) is 22.0. The SMILES string of the molecule is COC(=O)c1ccc(/C=C/C(=O)OCC(=O)NC(=O)NC23CC4CC(CC(C4)C2)C3)cc1. The van der Waals surface area contributed by atoms with Gasteiger partial charge in [-0.1, -0.05) is 12.1 Å². The van der Waals surface area contributed by atoms with Crippen molar-refractivity contribution in [2.24, 2.45) is 17.8 Å². The summed E-state index contributed by atoms with van der Waals surface area (Å²) >= 11 is 0. The van der Waals surface area contributed by atoms with Crippen molar-refractivity contribution in [3.05, 3.63) is 41.5 Å². The summed E-state index contributed by atoms with van der Waals surface area (Å²) in [5.74, 6) is 0.221. The van der Waals surface area contributed by atoms with Gasteiger partial charge in [0.05, 0.1) is 12.7 Å². The molecule has 8 nitrogen and oxygen atoms in total. The first-order chi connectivity index (χ1) is 15.3. The Balaban J connectivity index is 1.20. The molecule has 5 rings (SSSR count). The molecule has 0 unspecified atom stereocenters. The highest BCUT2D eigenvalue weighted by molar-refractivity contribution is 5.96. The van der Waals surface area contributed by atoms with E-state index in [0.717, 1.165) is 19.3 Å². The highest BCUT2D eigenvalue weighted by Crippen LogP contribution is 2.55. The fourth-order valence-corrected chi connectivity index (χ4v) is 5.90. The van der Waals surface area contributed by atoms with Gasteiger partial charge in [0.15, 0.2) is 6.61 Å². The summed E-state index contributed by atoms with van der Waals surface area (Å²) in [6, 6.07) is 5.93. The molecule has 0 aromatic heterocycles. The normalized spacial score (nSPS) is 27.7. The van der Waals surface area contributed by atoms with E-state index in [9.17, 15) is 19.2 Å². The number of benzene rings is 1. The molecule has 4 fully saturated rings. The fraction of sp³-hybridized carbons (Fsp3) is 0.500. The van der Waals surface area contributed by atoms with E-state index in [1.807, 2.05) is 0 Å². The van der Waals surface area contributed by atoms with Gasteiger partial charge in [-0.15, -0.1) is 0 Å². The molecular weight excluding hydrogens is 412 g/mol. The molecule has 0 heterocycles. The maximum Gasteiger partial charge on any atom is 0.337 e. The lowest BCUT2D eigenvalue weighted by Gasteiger charge is -2.56. The molecule has 0 saturated heterocycles. The molecule has 0 spiro atoms. The van der Waals surface area contributed by atoms with E-state index < -0.39 is 30.5 Å². The molecule has 3 amide bonds. The minimum absolute atomic E-state index is 0.193. The zero-order valence-electron chi connectivity index (χ0n) is 18.1. The third kappa shape index (κ3) is 5.18. The smallest absolute Gasteiger partial charge is 0.337 e. The first-order valence-corrected chi connectivity index (χ1v) is 11.0. The van der Waals surface area contributed by atoms with Crippen molar-refractivity contribution in [3.63, 3.8) is 0 Å². The highest BCUT2D eigenvalue weighted by Gasteiger charge is 2.51. The van der Waals surface area contributed by atoms with Crippen LogP contribution in [0.15, 0.2) is 30.3 Å². The Morgan fingerprint density at radius 2 is 1.59 bits per heavy atom. The third-order valence-electron chi connectivity index (χ3n) is 6.76. The van der Waals surface area contributed by atoms with Crippen LogP contribution in [-0.2, 0) is 19.1 Å². The molecule has 170 valence electrons. The van der Waals surface area contributed by atoms with E-state index in [2.05, 4.69) is 15.4 Å². The number of ether oxygens (including phenoxy) is 2. The van der Waals surface area contributed by atoms with Gasteiger partial charge in [-0.25, -0.2) is 14.4 Å².